The maximum atomic E-state index is 11.8. The molecular formula is C20H21N5O3. The molecular weight excluding hydrogens is 358 g/mol. The molecule has 1 N–H and O–H groups in total. The first-order valence-electron chi connectivity index (χ1n) is 9.06. The van der Waals surface area contributed by atoms with Crippen molar-refractivity contribution in [3.63, 3.8) is 0 Å². The maximum absolute atomic E-state index is 11.8. The predicted molar refractivity (Wildman–Crippen MR) is 106 cm³/mol. The van der Waals surface area contributed by atoms with Crippen LogP contribution in [0.4, 0.5) is 11.5 Å². The van der Waals surface area contributed by atoms with Gasteiger partial charge in [0.15, 0.2) is 5.82 Å². The van der Waals surface area contributed by atoms with Crippen molar-refractivity contribution in [3.8, 4) is 11.4 Å². The molecule has 0 radical (unpaired) electrons. The molecule has 0 saturated carbocycles. The minimum atomic E-state index is -1.10. The predicted octanol–water partition coefficient (Wildman–Crippen LogP) is 2.30. The number of nitrogens with zero attached hydrogens (tertiary/aromatic N) is 5. The Hall–Kier alpha value is -3.55. The largest absolute Gasteiger partial charge is 0.494 e. The monoisotopic (exact) mass is 379 g/mol. The Kier molecular flexibility index (Phi) is 4.84. The lowest BCUT2D eigenvalue weighted by molar-refractivity contribution is 0.0690. The summed E-state index contributed by atoms with van der Waals surface area (Å²) < 4.78 is 5.35. The van der Waals surface area contributed by atoms with E-state index in [1.807, 2.05) is 35.2 Å². The molecule has 8 nitrogen and oxygen atoms in total. The van der Waals surface area contributed by atoms with Crippen LogP contribution in [0.25, 0.3) is 5.69 Å². The molecule has 1 saturated heterocycles. The van der Waals surface area contributed by atoms with E-state index in [1.165, 1.54) is 10.5 Å². The van der Waals surface area contributed by atoms with Crippen LogP contribution in [0.1, 0.15) is 10.5 Å². The van der Waals surface area contributed by atoms with E-state index in [2.05, 4.69) is 27.2 Å². The number of hydrogen-bond donors (Lipinski definition) is 1. The molecule has 0 atom stereocenters. The van der Waals surface area contributed by atoms with Gasteiger partial charge in [0.1, 0.15) is 11.4 Å². The van der Waals surface area contributed by atoms with Crippen molar-refractivity contribution in [2.45, 2.75) is 0 Å². The fourth-order valence-electron chi connectivity index (χ4n) is 3.37. The van der Waals surface area contributed by atoms with Crippen LogP contribution in [0.5, 0.6) is 5.75 Å². The highest BCUT2D eigenvalue weighted by Crippen LogP contribution is 2.25. The lowest BCUT2D eigenvalue weighted by Gasteiger charge is -2.36. The number of hydrogen-bond acceptors (Lipinski definition) is 6. The molecule has 8 heteroatoms. The number of carbonyl (C=O) groups is 1. The van der Waals surface area contributed by atoms with E-state index in [0.717, 1.165) is 13.1 Å². The van der Waals surface area contributed by atoms with E-state index in [9.17, 15) is 9.90 Å². The summed E-state index contributed by atoms with van der Waals surface area (Å²) in [6.45, 7) is 2.90. The molecule has 2 aromatic carbocycles. The number of carboxylic acids is 1. The molecule has 28 heavy (non-hydrogen) atoms. The van der Waals surface area contributed by atoms with Gasteiger partial charge in [-0.3, -0.25) is 0 Å². The standard InChI is InChI=1S/C20H21N5O3/c1-28-17-10-6-5-9-16(17)25-21-18(20(26)27)19(22-25)24-13-11-23(12-14-24)15-7-3-2-4-8-15/h2-10H,11-14H2,1H3,(H,26,27). The number of aromatic nitrogens is 3. The molecule has 1 aromatic heterocycles. The Bertz CT molecular complexity index is 965. The second-order valence-electron chi connectivity index (χ2n) is 6.45. The van der Waals surface area contributed by atoms with Crippen molar-refractivity contribution < 1.29 is 14.6 Å². The average molecular weight is 379 g/mol. The molecule has 2 heterocycles. The van der Waals surface area contributed by atoms with Gasteiger partial charge in [-0.05, 0) is 24.3 Å². The highest BCUT2D eigenvalue weighted by Gasteiger charge is 2.27. The molecule has 1 aliphatic heterocycles. The summed E-state index contributed by atoms with van der Waals surface area (Å²) in [4.78, 5) is 17.4. The molecule has 1 aliphatic rings. The third-order valence-electron chi connectivity index (χ3n) is 4.80. The van der Waals surface area contributed by atoms with Gasteiger partial charge in [0.2, 0.25) is 5.69 Å². The summed E-state index contributed by atoms with van der Waals surface area (Å²) in [7, 11) is 1.56. The summed E-state index contributed by atoms with van der Waals surface area (Å²) in [6, 6.07) is 17.4. The topological polar surface area (TPSA) is 83.7 Å². The summed E-state index contributed by atoms with van der Waals surface area (Å²) in [5.41, 5.74) is 1.71. The zero-order valence-corrected chi connectivity index (χ0v) is 15.5. The first kappa shape index (κ1) is 17.8. The van der Waals surface area contributed by atoms with Crippen molar-refractivity contribution in [3.05, 3.63) is 60.3 Å². The SMILES string of the molecule is COc1ccccc1-n1nc(C(=O)O)c(N2CCN(c3ccccc3)CC2)n1. The molecule has 0 aliphatic carbocycles. The van der Waals surface area contributed by atoms with E-state index in [1.54, 1.807) is 19.2 Å². The van der Waals surface area contributed by atoms with Crippen LogP contribution < -0.4 is 14.5 Å². The Morgan fingerprint density at radius 2 is 1.57 bits per heavy atom. The maximum Gasteiger partial charge on any atom is 0.360 e. The minimum absolute atomic E-state index is 0.0564. The Morgan fingerprint density at radius 3 is 2.25 bits per heavy atom. The van der Waals surface area contributed by atoms with E-state index >= 15 is 0 Å². The van der Waals surface area contributed by atoms with Gasteiger partial charge in [0.25, 0.3) is 0 Å². The third-order valence-corrected chi connectivity index (χ3v) is 4.80. The Morgan fingerprint density at radius 1 is 0.929 bits per heavy atom. The number of rotatable bonds is 5. The number of anilines is 2. The van der Waals surface area contributed by atoms with Crippen LogP contribution in [0.3, 0.4) is 0 Å². The first-order chi connectivity index (χ1) is 13.7. The number of methoxy groups -OCH3 is 1. The average Bonchev–Trinajstić information content (AvgIpc) is 3.20. The smallest absolute Gasteiger partial charge is 0.360 e. The lowest BCUT2D eigenvalue weighted by atomic mass is 10.2. The normalized spacial score (nSPS) is 14.2. The van der Waals surface area contributed by atoms with Crippen molar-refractivity contribution in [2.24, 2.45) is 0 Å². The quantitative estimate of drug-likeness (QED) is 0.728. The van der Waals surface area contributed by atoms with Crippen LogP contribution in [0, 0.1) is 0 Å². The second-order valence-corrected chi connectivity index (χ2v) is 6.45. The first-order valence-corrected chi connectivity index (χ1v) is 9.06. The molecule has 0 amide bonds. The van der Waals surface area contributed by atoms with Crippen molar-refractivity contribution >= 4 is 17.5 Å². The van der Waals surface area contributed by atoms with Gasteiger partial charge in [0, 0.05) is 31.9 Å². The zero-order valence-electron chi connectivity index (χ0n) is 15.5. The van der Waals surface area contributed by atoms with Crippen LogP contribution in [0.15, 0.2) is 54.6 Å². The second kappa shape index (κ2) is 7.59. The molecule has 144 valence electrons. The Labute approximate surface area is 162 Å². The molecule has 0 spiro atoms. The molecule has 1 fully saturated rings. The van der Waals surface area contributed by atoms with E-state index in [-0.39, 0.29) is 5.69 Å². The van der Waals surface area contributed by atoms with Crippen molar-refractivity contribution in [1.29, 1.82) is 0 Å². The van der Waals surface area contributed by atoms with Gasteiger partial charge >= 0.3 is 5.97 Å². The molecule has 4 rings (SSSR count). The minimum Gasteiger partial charge on any atom is -0.494 e. The summed E-state index contributed by atoms with van der Waals surface area (Å²) in [5.74, 6) is -0.136. The summed E-state index contributed by atoms with van der Waals surface area (Å²) in [6.07, 6.45) is 0. The van der Waals surface area contributed by atoms with Crippen LogP contribution in [-0.4, -0.2) is 59.4 Å². The number of ether oxygens (including phenoxy) is 1. The van der Waals surface area contributed by atoms with E-state index in [0.29, 0.717) is 30.3 Å². The third kappa shape index (κ3) is 3.36. The van der Waals surface area contributed by atoms with Crippen molar-refractivity contribution in [2.75, 3.05) is 43.1 Å². The van der Waals surface area contributed by atoms with Gasteiger partial charge in [-0.1, -0.05) is 30.3 Å². The van der Waals surface area contributed by atoms with E-state index in [4.69, 9.17) is 4.74 Å². The molecule has 3 aromatic rings. The van der Waals surface area contributed by atoms with Crippen LogP contribution in [-0.2, 0) is 0 Å². The van der Waals surface area contributed by atoms with E-state index < -0.39 is 5.97 Å². The highest BCUT2D eigenvalue weighted by molar-refractivity contribution is 5.91. The highest BCUT2D eigenvalue weighted by atomic mass is 16.5. The number of piperazine rings is 1. The van der Waals surface area contributed by atoms with Gasteiger partial charge < -0.3 is 19.6 Å². The number of carboxylic acid groups (broad SMARTS) is 1. The summed E-state index contributed by atoms with van der Waals surface area (Å²) >= 11 is 0. The number of para-hydroxylation sites is 3. The molecule has 0 bridgehead atoms. The van der Waals surface area contributed by atoms with Crippen LogP contribution in [0.2, 0.25) is 0 Å². The lowest BCUT2D eigenvalue weighted by Crippen LogP contribution is -2.47. The fourth-order valence-corrected chi connectivity index (χ4v) is 3.37. The van der Waals surface area contributed by atoms with Crippen LogP contribution >= 0.6 is 0 Å². The van der Waals surface area contributed by atoms with Crippen molar-refractivity contribution in [1.82, 2.24) is 15.0 Å². The number of aromatic carboxylic acids is 1. The molecule has 0 unspecified atom stereocenters. The van der Waals surface area contributed by atoms with Gasteiger partial charge in [0.05, 0.1) is 7.11 Å². The zero-order chi connectivity index (χ0) is 19.5. The summed E-state index contributed by atoms with van der Waals surface area (Å²) in [5, 5.41) is 18.3. The number of benzene rings is 2. The Balaban J connectivity index is 1.60. The van der Waals surface area contributed by atoms with Gasteiger partial charge in [-0.2, -0.15) is 0 Å². The fraction of sp³-hybridized carbons (Fsp3) is 0.250. The van der Waals surface area contributed by atoms with Gasteiger partial charge in [-0.25, -0.2) is 4.79 Å². The van der Waals surface area contributed by atoms with Gasteiger partial charge in [-0.15, -0.1) is 15.0 Å².